The molecule has 0 N–H and O–H groups in total. The van der Waals surface area contributed by atoms with Gasteiger partial charge in [0.05, 0.1) is 19.5 Å². The molecule has 3 nitrogen and oxygen atoms in total. The summed E-state index contributed by atoms with van der Waals surface area (Å²) < 4.78 is 24.7. The van der Waals surface area contributed by atoms with Crippen LogP contribution in [0.1, 0.15) is 13.3 Å². The van der Waals surface area contributed by atoms with Gasteiger partial charge in [0.2, 0.25) is 5.91 Å². The molecule has 5 heteroatoms. The Morgan fingerprint density at radius 3 is 2.42 bits per heavy atom. The standard InChI is InChI=1S/C7H9F2NO2/c1-7(8,9)4-10-3-5(11)2-6(10)12/h2-4H2,1H3. The molecule has 1 saturated heterocycles. The maximum atomic E-state index is 12.4. The second-order valence-corrected chi connectivity index (χ2v) is 3.04. The third kappa shape index (κ3) is 2.25. The lowest BCUT2D eigenvalue weighted by molar-refractivity contribution is -0.131. The van der Waals surface area contributed by atoms with E-state index in [0.717, 1.165) is 11.8 Å². The number of ketones is 1. The zero-order valence-electron chi connectivity index (χ0n) is 6.64. The van der Waals surface area contributed by atoms with Crippen LogP contribution in [0, 0.1) is 0 Å². The number of amides is 1. The zero-order chi connectivity index (χ0) is 9.35. The van der Waals surface area contributed by atoms with E-state index in [9.17, 15) is 18.4 Å². The number of Topliss-reactive ketones (excluding diaryl/α,β-unsaturated/α-hetero) is 1. The highest BCUT2D eigenvalue weighted by Gasteiger charge is 2.34. The summed E-state index contributed by atoms with van der Waals surface area (Å²) in [5, 5.41) is 0. The first kappa shape index (κ1) is 9.09. The van der Waals surface area contributed by atoms with Crippen molar-refractivity contribution < 1.29 is 18.4 Å². The van der Waals surface area contributed by atoms with Gasteiger partial charge in [0.15, 0.2) is 5.78 Å². The van der Waals surface area contributed by atoms with Crippen molar-refractivity contribution in [1.29, 1.82) is 0 Å². The monoisotopic (exact) mass is 177 g/mol. The first-order valence-electron chi connectivity index (χ1n) is 3.56. The summed E-state index contributed by atoms with van der Waals surface area (Å²) in [5.41, 5.74) is 0. The number of hydrogen-bond donors (Lipinski definition) is 0. The van der Waals surface area contributed by atoms with Crippen LogP contribution in [-0.2, 0) is 9.59 Å². The Labute approximate surface area is 68.3 Å². The molecular formula is C7H9F2NO2. The third-order valence-corrected chi connectivity index (χ3v) is 1.54. The van der Waals surface area contributed by atoms with E-state index in [4.69, 9.17) is 0 Å². The summed E-state index contributed by atoms with van der Waals surface area (Å²) in [6.45, 7) is -0.0943. The average molecular weight is 177 g/mol. The molecule has 0 radical (unpaired) electrons. The van der Waals surface area contributed by atoms with Crippen molar-refractivity contribution in [3.8, 4) is 0 Å². The summed E-state index contributed by atoms with van der Waals surface area (Å²) in [7, 11) is 0. The van der Waals surface area contributed by atoms with Crippen molar-refractivity contribution >= 4 is 11.7 Å². The largest absolute Gasteiger partial charge is 0.329 e. The van der Waals surface area contributed by atoms with Gasteiger partial charge in [-0.05, 0) is 0 Å². The van der Waals surface area contributed by atoms with Gasteiger partial charge >= 0.3 is 0 Å². The number of likely N-dealkylation sites (tertiary alicyclic amines) is 1. The molecule has 0 saturated carbocycles. The van der Waals surface area contributed by atoms with E-state index in [-0.39, 0.29) is 18.7 Å². The number of hydrogen-bond acceptors (Lipinski definition) is 2. The normalized spacial score (nSPS) is 19.1. The van der Waals surface area contributed by atoms with E-state index in [1.165, 1.54) is 0 Å². The molecule has 1 aliphatic heterocycles. The molecule has 0 aromatic rings. The van der Waals surface area contributed by atoms with E-state index in [1.807, 2.05) is 0 Å². The summed E-state index contributed by atoms with van der Waals surface area (Å²) in [5.74, 6) is -3.70. The Morgan fingerprint density at radius 1 is 1.50 bits per heavy atom. The molecular weight excluding hydrogens is 168 g/mol. The zero-order valence-corrected chi connectivity index (χ0v) is 6.64. The van der Waals surface area contributed by atoms with Gasteiger partial charge in [-0.1, -0.05) is 0 Å². The minimum atomic E-state index is -2.92. The predicted molar refractivity (Wildman–Crippen MR) is 36.8 cm³/mol. The van der Waals surface area contributed by atoms with E-state index in [2.05, 4.69) is 0 Å². The summed E-state index contributed by atoms with van der Waals surface area (Å²) in [6.07, 6.45) is -0.226. The average Bonchev–Trinajstić information content (AvgIpc) is 2.06. The number of halogens is 2. The van der Waals surface area contributed by atoms with Crippen LogP contribution >= 0.6 is 0 Å². The van der Waals surface area contributed by atoms with Crippen molar-refractivity contribution in [2.75, 3.05) is 13.1 Å². The van der Waals surface area contributed by atoms with E-state index in [0.29, 0.717) is 0 Å². The van der Waals surface area contributed by atoms with Crippen molar-refractivity contribution in [3.63, 3.8) is 0 Å². The van der Waals surface area contributed by atoms with E-state index >= 15 is 0 Å². The lowest BCUT2D eigenvalue weighted by atomic mass is 10.3. The number of rotatable bonds is 2. The van der Waals surface area contributed by atoms with Crippen molar-refractivity contribution in [2.24, 2.45) is 0 Å². The van der Waals surface area contributed by atoms with Crippen LogP contribution in [-0.4, -0.2) is 35.6 Å². The molecule has 0 aliphatic carbocycles. The van der Waals surface area contributed by atoms with Crippen molar-refractivity contribution in [2.45, 2.75) is 19.3 Å². The van der Waals surface area contributed by atoms with Gasteiger partial charge in [-0.2, -0.15) is 0 Å². The number of carbonyl (C=O) groups is 2. The fourth-order valence-corrected chi connectivity index (χ4v) is 1.12. The molecule has 1 rings (SSSR count). The molecule has 0 atom stereocenters. The smallest absolute Gasteiger partial charge is 0.262 e. The summed E-state index contributed by atoms with van der Waals surface area (Å²) in [6, 6.07) is 0. The lowest BCUT2D eigenvalue weighted by Crippen LogP contribution is -2.36. The highest BCUT2D eigenvalue weighted by Crippen LogP contribution is 2.17. The fourth-order valence-electron chi connectivity index (χ4n) is 1.12. The molecule has 0 bridgehead atoms. The SMILES string of the molecule is CC(F)(F)CN1CC(=O)CC1=O. The quantitative estimate of drug-likeness (QED) is 0.574. The van der Waals surface area contributed by atoms with Crippen LogP contribution in [0.25, 0.3) is 0 Å². The molecule has 1 fully saturated rings. The molecule has 1 aliphatic rings. The molecule has 0 aromatic carbocycles. The Bertz CT molecular complexity index is 222. The van der Waals surface area contributed by atoms with E-state index in [1.54, 1.807) is 0 Å². The van der Waals surface area contributed by atoms with E-state index < -0.39 is 18.4 Å². The Hall–Kier alpha value is -1.00. The molecule has 12 heavy (non-hydrogen) atoms. The predicted octanol–water partition coefficient (Wildman–Crippen LogP) is 0.443. The molecule has 1 amide bonds. The summed E-state index contributed by atoms with van der Waals surface area (Å²) >= 11 is 0. The van der Waals surface area contributed by atoms with Gasteiger partial charge in [-0.3, -0.25) is 9.59 Å². The number of alkyl halides is 2. The lowest BCUT2D eigenvalue weighted by Gasteiger charge is -2.18. The van der Waals surface area contributed by atoms with Crippen molar-refractivity contribution in [1.82, 2.24) is 4.90 Å². The number of nitrogens with zero attached hydrogens (tertiary/aromatic N) is 1. The summed E-state index contributed by atoms with van der Waals surface area (Å²) in [4.78, 5) is 22.4. The van der Waals surface area contributed by atoms with Gasteiger partial charge in [0, 0.05) is 6.92 Å². The Kier molecular flexibility index (Phi) is 2.12. The molecule has 0 spiro atoms. The van der Waals surface area contributed by atoms with Crippen LogP contribution in [0.5, 0.6) is 0 Å². The van der Waals surface area contributed by atoms with Crippen LogP contribution in [0.3, 0.4) is 0 Å². The van der Waals surface area contributed by atoms with Gasteiger partial charge in [-0.25, -0.2) is 8.78 Å². The topological polar surface area (TPSA) is 37.4 Å². The Morgan fingerprint density at radius 2 is 2.08 bits per heavy atom. The van der Waals surface area contributed by atoms with Gasteiger partial charge < -0.3 is 4.90 Å². The van der Waals surface area contributed by atoms with Crippen molar-refractivity contribution in [3.05, 3.63) is 0 Å². The molecule has 0 aromatic heterocycles. The maximum Gasteiger partial charge on any atom is 0.262 e. The highest BCUT2D eigenvalue weighted by atomic mass is 19.3. The van der Waals surface area contributed by atoms with Gasteiger partial charge in [0.25, 0.3) is 5.92 Å². The first-order chi connectivity index (χ1) is 5.38. The second-order valence-electron chi connectivity index (χ2n) is 3.04. The second kappa shape index (κ2) is 2.80. The van der Waals surface area contributed by atoms with Gasteiger partial charge in [0.1, 0.15) is 0 Å². The third-order valence-electron chi connectivity index (χ3n) is 1.54. The van der Waals surface area contributed by atoms with Crippen LogP contribution in [0.15, 0.2) is 0 Å². The molecule has 68 valence electrons. The first-order valence-corrected chi connectivity index (χ1v) is 3.56. The van der Waals surface area contributed by atoms with Crippen LogP contribution < -0.4 is 0 Å². The van der Waals surface area contributed by atoms with Gasteiger partial charge in [-0.15, -0.1) is 0 Å². The fraction of sp³-hybridized carbons (Fsp3) is 0.714. The minimum absolute atomic E-state index is 0.164. The van der Waals surface area contributed by atoms with Crippen LogP contribution in [0.2, 0.25) is 0 Å². The number of carbonyl (C=O) groups excluding carboxylic acids is 2. The maximum absolute atomic E-state index is 12.4. The van der Waals surface area contributed by atoms with Crippen LogP contribution in [0.4, 0.5) is 8.78 Å². The molecule has 0 unspecified atom stereocenters. The minimum Gasteiger partial charge on any atom is -0.329 e. The Balaban J connectivity index is 2.54. The highest BCUT2D eigenvalue weighted by molar-refractivity contribution is 6.05. The molecule has 1 heterocycles.